The van der Waals surface area contributed by atoms with Crippen molar-refractivity contribution < 1.29 is 14.6 Å². The summed E-state index contributed by atoms with van der Waals surface area (Å²) in [5.41, 5.74) is 6.54. The van der Waals surface area contributed by atoms with Gasteiger partial charge in [-0.05, 0) is 17.7 Å². The van der Waals surface area contributed by atoms with E-state index in [9.17, 15) is 0 Å². The van der Waals surface area contributed by atoms with Gasteiger partial charge in [-0.25, -0.2) is 0 Å². The van der Waals surface area contributed by atoms with Gasteiger partial charge in [0.15, 0.2) is 11.5 Å². The molecule has 1 unspecified atom stereocenters. The minimum atomic E-state index is -0.356. The highest BCUT2D eigenvalue weighted by molar-refractivity contribution is 5.44. The highest BCUT2D eigenvalue weighted by Gasteiger charge is 2.13. The Morgan fingerprint density at radius 3 is 2.71 bits per heavy atom. The van der Waals surface area contributed by atoms with E-state index in [2.05, 4.69) is 0 Å². The summed E-state index contributed by atoms with van der Waals surface area (Å²) in [6.07, 6.45) is 0. The Morgan fingerprint density at radius 2 is 2.00 bits per heavy atom. The first kappa shape index (κ1) is 9.30. The second kappa shape index (κ2) is 3.86. The van der Waals surface area contributed by atoms with Crippen molar-refractivity contribution in [1.29, 1.82) is 0 Å². The van der Waals surface area contributed by atoms with E-state index in [0.717, 1.165) is 11.3 Å². The average Bonchev–Trinajstić information content (AvgIpc) is 2.27. The van der Waals surface area contributed by atoms with E-state index in [1.165, 1.54) is 0 Å². The van der Waals surface area contributed by atoms with Crippen LogP contribution in [0, 0.1) is 0 Å². The molecule has 0 aromatic heterocycles. The van der Waals surface area contributed by atoms with E-state index in [1.807, 2.05) is 18.2 Å². The Labute approximate surface area is 82.2 Å². The van der Waals surface area contributed by atoms with Gasteiger partial charge in [-0.3, -0.25) is 0 Å². The highest BCUT2D eigenvalue weighted by atomic mass is 16.6. The summed E-state index contributed by atoms with van der Waals surface area (Å²) in [6.45, 7) is 1.07. The van der Waals surface area contributed by atoms with E-state index < -0.39 is 0 Å². The molecule has 1 heterocycles. The lowest BCUT2D eigenvalue weighted by atomic mass is 10.1. The molecule has 3 N–H and O–H groups in total. The van der Waals surface area contributed by atoms with Gasteiger partial charge in [0.2, 0.25) is 0 Å². The summed E-state index contributed by atoms with van der Waals surface area (Å²) >= 11 is 0. The first-order valence-electron chi connectivity index (χ1n) is 4.57. The van der Waals surface area contributed by atoms with Crippen LogP contribution in [-0.2, 0) is 0 Å². The normalized spacial score (nSPS) is 16.4. The molecule has 2 rings (SSSR count). The molecule has 0 bridgehead atoms. The molecular weight excluding hydrogens is 182 g/mol. The number of hydrogen-bond acceptors (Lipinski definition) is 4. The summed E-state index contributed by atoms with van der Waals surface area (Å²) in [4.78, 5) is 0. The second-order valence-electron chi connectivity index (χ2n) is 3.19. The average molecular weight is 195 g/mol. The standard InChI is InChI=1S/C10H13NO3/c11-8(6-12)7-1-2-9-10(5-7)14-4-3-13-9/h1-2,5,8,12H,3-4,6,11H2. The zero-order valence-corrected chi connectivity index (χ0v) is 7.77. The van der Waals surface area contributed by atoms with E-state index in [0.29, 0.717) is 19.0 Å². The van der Waals surface area contributed by atoms with Crippen LogP contribution in [0.15, 0.2) is 18.2 Å². The smallest absolute Gasteiger partial charge is 0.161 e. The Hall–Kier alpha value is -1.26. The van der Waals surface area contributed by atoms with Crippen LogP contribution < -0.4 is 15.2 Å². The third-order valence-corrected chi connectivity index (χ3v) is 2.19. The first-order chi connectivity index (χ1) is 6.81. The number of aliphatic hydroxyl groups is 1. The van der Waals surface area contributed by atoms with Crippen LogP contribution in [0.1, 0.15) is 11.6 Å². The highest BCUT2D eigenvalue weighted by Crippen LogP contribution is 2.31. The monoisotopic (exact) mass is 195 g/mol. The van der Waals surface area contributed by atoms with Crippen molar-refractivity contribution in [3.05, 3.63) is 23.8 Å². The van der Waals surface area contributed by atoms with E-state index in [1.54, 1.807) is 0 Å². The Morgan fingerprint density at radius 1 is 1.29 bits per heavy atom. The van der Waals surface area contributed by atoms with Crippen LogP contribution in [0.3, 0.4) is 0 Å². The van der Waals surface area contributed by atoms with Crippen LogP contribution in [0.25, 0.3) is 0 Å². The Bertz CT molecular complexity index is 327. The molecule has 0 saturated carbocycles. The third-order valence-electron chi connectivity index (χ3n) is 2.19. The summed E-state index contributed by atoms with van der Waals surface area (Å²) in [7, 11) is 0. The molecule has 1 aliphatic heterocycles. The van der Waals surface area contributed by atoms with E-state index in [-0.39, 0.29) is 12.6 Å². The van der Waals surface area contributed by atoms with Crippen LogP contribution in [0.5, 0.6) is 11.5 Å². The fourth-order valence-corrected chi connectivity index (χ4v) is 1.40. The molecule has 0 aliphatic carbocycles. The molecular formula is C10H13NO3. The summed E-state index contributed by atoms with van der Waals surface area (Å²) in [6, 6.07) is 5.12. The van der Waals surface area contributed by atoms with Gasteiger partial charge in [-0.1, -0.05) is 6.07 Å². The molecule has 0 amide bonds. The Kier molecular flexibility index (Phi) is 2.56. The largest absolute Gasteiger partial charge is 0.486 e. The lowest BCUT2D eigenvalue weighted by Crippen LogP contribution is -2.18. The van der Waals surface area contributed by atoms with Crippen LogP contribution >= 0.6 is 0 Å². The fourth-order valence-electron chi connectivity index (χ4n) is 1.40. The number of aliphatic hydroxyl groups excluding tert-OH is 1. The van der Waals surface area contributed by atoms with E-state index in [4.69, 9.17) is 20.3 Å². The van der Waals surface area contributed by atoms with Crippen molar-refractivity contribution in [1.82, 2.24) is 0 Å². The topological polar surface area (TPSA) is 64.7 Å². The summed E-state index contributed by atoms with van der Waals surface area (Å²) < 4.78 is 10.8. The van der Waals surface area contributed by atoms with Crippen LogP contribution in [-0.4, -0.2) is 24.9 Å². The number of nitrogens with two attached hydrogens (primary N) is 1. The van der Waals surface area contributed by atoms with Gasteiger partial charge < -0.3 is 20.3 Å². The van der Waals surface area contributed by atoms with Gasteiger partial charge in [0, 0.05) is 0 Å². The molecule has 1 aromatic carbocycles. The Balaban J connectivity index is 2.29. The summed E-state index contributed by atoms with van der Waals surface area (Å²) in [5, 5.41) is 8.90. The van der Waals surface area contributed by atoms with Gasteiger partial charge in [-0.15, -0.1) is 0 Å². The second-order valence-corrected chi connectivity index (χ2v) is 3.19. The zero-order chi connectivity index (χ0) is 9.97. The van der Waals surface area contributed by atoms with Gasteiger partial charge >= 0.3 is 0 Å². The van der Waals surface area contributed by atoms with Gasteiger partial charge in [-0.2, -0.15) is 0 Å². The van der Waals surface area contributed by atoms with Crippen molar-refractivity contribution in [3.8, 4) is 11.5 Å². The number of ether oxygens (including phenoxy) is 2. The lowest BCUT2D eigenvalue weighted by Gasteiger charge is -2.19. The van der Waals surface area contributed by atoms with Crippen LogP contribution in [0.4, 0.5) is 0 Å². The van der Waals surface area contributed by atoms with Gasteiger partial charge in [0.25, 0.3) is 0 Å². The number of hydrogen-bond donors (Lipinski definition) is 2. The minimum Gasteiger partial charge on any atom is -0.486 e. The number of rotatable bonds is 2. The molecule has 0 spiro atoms. The molecule has 1 aromatic rings. The van der Waals surface area contributed by atoms with Gasteiger partial charge in [0.05, 0.1) is 12.6 Å². The SMILES string of the molecule is NC(CO)c1ccc2c(c1)OCCO2. The first-order valence-corrected chi connectivity index (χ1v) is 4.57. The molecule has 76 valence electrons. The molecule has 0 fully saturated rings. The molecule has 4 nitrogen and oxygen atoms in total. The fraction of sp³-hybridized carbons (Fsp3) is 0.400. The molecule has 14 heavy (non-hydrogen) atoms. The quantitative estimate of drug-likeness (QED) is 0.719. The molecule has 0 saturated heterocycles. The predicted octanol–water partition coefficient (Wildman–Crippen LogP) is 0.450. The summed E-state index contributed by atoms with van der Waals surface area (Å²) in [5.74, 6) is 1.45. The van der Waals surface area contributed by atoms with Crippen molar-refractivity contribution >= 4 is 0 Å². The number of fused-ring (bicyclic) bond motifs is 1. The van der Waals surface area contributed by atoms with Crippen molar-refractivity contribution in [2.24, 2.45) is 5.73 Å². The predicted molar refractivity (Wildman–Crippen MR) is 51.4 cm³/mol. The molecule has 1 aliphatic rings. The maximum absolute atomic E-state index is 8.90. The zero-order valence-electron chi connectivity index (χ0n) is 7.77. The van der Waals surface area contributed by atoms with E-state index >= 15 is 0 Å². The third kappa shape index (κ3) is 1.66. The maximum atomic E-state index is 8.90. The van der Waals surface area contributed by atoms with Crippen LogP contribution in [0.2, 0.25) is 0 Å². The van der Waals surface area contributed by atoms with Crippen molar-refractivity contribution in [2.45, 2.75) is 6.04 Å². The molecule has 0 radical (unpaired) electrons. The molecule has 4 heteroatoms. The van der Waals surface area contributed by atoms with Crippen molar-refractivity contribution in [3.63, 3.8) is 0 Å². The van der Waals surface area contributed by atoms with Gasteiger partial charge in [0.1, 0.15) is 13.2 Å². The number of benzene rings is 1. The van der Waals surface area contributed by atoms with Crippen molar-refractivity contribution in [2.75, 3.05) is 19.8 Å². The lowest BCUT2D eigenvalue weighted by molar-refractivity contribution is 0.171. The minimum absolute atomic E-state index is 0.0698. The maximum Gasteiger partial charge on any atom is 0.161 e. The molecule has 1 atom stereocenters.